The number of carbonyl (C=O) groups is 1. The molecule has 0 radical (unpaired) electrons. The quantitative estimate of drug-likeness (QED) is 0.795. The molecule has 0 bridgehead atoms. The van der Waals surface area contributed by atoms with Gasteiger partial charge in [-0.1, -0.05) is 0 Å². The van der Waals surface area contributed by atoms with Crippen LogP contribution in [-0.2, 0) is 0 Å². The Kier molecular flexibility index (Phi) is 2.85. The zero-order valence-corrected chi connectivity index (χ0v) is 8.95. The Balaban J connectivity index is 3.43. The number of hydrogen-bond donors (Lipinski definition) is 1. The van der Waals surface area contributed by atoms with Crippen molar-refractivity contribution < 1.29 is 9.18 Å². The van der Waals surface area contributed by atoms with E-state index in [0.717, 1.165) is 0 Å². The lowest BCUT2D eigenvalue weighted by Crippen LogP contribution is -2.13. The normalized spacial score (nSPS) is 9.92. The van der Waals surface area contributed by atoms with Crippen molar-refractivity contribution in [1.82, 2.24) is 0 Å². The van der Waals surface area contributed by atoms with Gasteiger partial charge in [0.25, 0.3) is 5.91 Å². The maximum absolute atomic E-state index is 12.8. The maximum Gasteiger partial charge on any atom is 0.251 e. The summed E-state index contributed by atoms with van der Waals surface area (Å²) in [6.07, 6.45) is 0. The Bertz CT molecular complexity index is 340. The smallest absolute Gasteiger partial charge is 0.251 e. The van der Waals surface area contributed by atoms with Crippen molar-refractivity contribution in [3.05, 3.63) is 32.5 Å². The minimum atomic E-state index is -0.673. The van der Waals surface area contributed by atoms with Gasteiger partial charge in [-0.25, -0.2) is 4.39 Å². The molecule has 2 nitrogen and oxygen atoms in total. The van der Waals surface area contributed by atoms with Crippen LogP contribution in [0.5, 0.6) is 0 Å². The summed E-state index contributed by atoms with van der Waals surface area (Å²) in [6, 6.07) is 2.67. The summed E-state index contributed by atoms with van der Waals surface area (Å²) >= 11 is 6.01. The summed E-state index contributed by atoms with van der Waals surface area (Å²) in [6.45, 7) is 0. The molecule has 0 spiro atoms. The highest BCUT2D eigenvalue weighted by Crippen LogP contribution is 2.27. The second kappa shape index (κ2) is 3.53. The van der Waals surface area contributed by atoms with Gasteiger partial charge >= 0.3 is 0 Å². The van der Waals surface area contributed by atoms with Crippen LogP contribution in [0, 0.1) is 5.82 Å². The third-order valence-electron chi connectivity index (χ3n) is 1.29. The van der Waals surface area contributed by atoms with Gasteiger partial charge in [-0.15, -0.1) is 0 Å². The van der Waals surface area contributed by atoms with Gasteiger partial charge in [0.05, 0.1) is 10.0 Å². The second-order valence-corrected chi connectivity index (χ2v) is 3.73. The Morgan fingerprint density at radius 2 is 2.00 bits per heavy atom. The topological polar surface area (TPSA) is 43.1 Å². The monoisotopic (exact) mass is 295 g/mol. The van der Waals surface area contributed by atoms with Gasteiger partial charge in [0.1, 0.15) is 5.82 Å². The number of nitrogens with two attached hydrogens (primary N) is 1. The van der Waals surface area contributed by atoms with Crippen molar-refractivity contribution in [2.45, 2.75) is 0 Å². The third-order valence-corrected chi connectivity index (χ3v) is 2.73. The number of rotatable bonds is 1. The van der Waals surface area contributed by atoms with Gasteiger partial charge < -0.3 is 5.73 Å². The lowest BCUT2D eigenvalue weighted by Gasteiger charge is -2.02. The molecule has 64 valence electrons. The zero-order chi connectivity index (χ0) is 9.30. The molecule has 1 aromatic rings. The average Bonchev–Trinajstić information content (AvgIpc) is 1.97. The van der Waals surface area contributed by atoms with Gasteiger partial charge in [-0.05, 0) is 44.0 Å². The van der Waals surface area contributed by atoms with Crippen molar-refractivity contribution in [1.29, 1.82) is 0 Å². The summed E-state index contributed by atoms with van der Waals surface area (Å²) in [7, 11) is 0. The summed E-state index contributed by atoms with van der Waals surface area (Å²) in [4.78, 5) is 10.8. The van der Waals surface area contributed by atoms with Crippen LogP contribution in [0.3, 0.4) is 0 Å². The first kappa shape index (κ1) is 9.67. The molecule has 1 rings (SSSR count). The number of primary amides is 1. The molecule has 0 fully saturated rings. The molecule has 2 N–H and O–H groups in total. The molecule has 0 aromatic heterocycles. The molecule has 0 saturated heterocycles. The SMILES string of the molecule is NC(=O)c1c(Br)ccc(F)c1Br. The lowest BCUT2D eigenvalue weighted by atomic mass is 10.2. The summed E-state index contributed by atoms with van der Waals surface area (Å²) in [5, 5.41) is 0. The molecular formula is C7H4Br2FNO. The van der Waals surface area contributed by atoms with E-state index >= 15 is 0 Å². The Hall–Kier alpha value is -0.420. The Labute approximate surface area is 85.2 Å². The van der Waals surface area contributed by atoms with E-state index in [4.69, 9.17) is 5.73 Å². The molecule has 0 aliphatic rings. The lowest BCUT2D eigenvalue weighted by molar-refractivity contribution is 0.0998. The van der Waals surface area contributed by atoms with E-state index in [-0.39, 0.29) is 10.0 Å². The van der Waals surface area contributed by atoms with Gasteiger partial charge in [0, 0.05) is 4.47 Å². The van der Waals surface area contributed by atoms with E-state index in [1.54, 1.807) is 0 Å². The van der Waals surface area contributed by atoms with E-state index in [2.05, 4.69) is 31.9 Å². The molecule has 0 aliphatic carbocycles. The van der Waals surface area contributed by atoms with Crippen molar-refractivity contribution in [2.24, 2.45) is 5.73 Å². The first-order valence-electron chi connectivity index (χ1n) is 2.97. The average molecular weight is 297 g/mol. The van der Waals surface area contributed by atoms with Crippen LogP contribution < -0.4 is 5.73 Å². The van der Waals surface area contributed by atoms with Gasteiger partial charge in [0.2, 0.25) is 0 Å². The molecule has 0 saturated carbocycles. The fraction of sp³-hybridized carbons (Fsp3) is 0. The fourth-order valence-electron chi connectivity index (χ4n) is 0.753. The van der Waals surface area contributed by atoms with Crippen LogP contribution in [0.1, 0.15) is 10.4 Å². The standard InChI is InChI=1S/C7H4Br2FNO/c8-3-1-2-4(10)6(9)5(3)7(11)12/h1-2H,(H2,11,12). The maximum atomic E-state index is 12.8. The number of hydrogen-bond acceptors (Lipinski definition) is 1. The molecule has 0 unspecified atom stereocenters. The predicted molar refractivity (Wildman–Crippen MR) is 50.3 cm³/mol. The molecular weight excluding hydrogens is 293 g/mol. The first-order chi connectivity index (χ1) is 5.54. The summed E-state index contributed by atoms with van der Waals surface area (Å²) in [5.41, 5.74) is 5.14. The minimum absolute atomic E-state index is 0.0874. The zero-order valence-electron chi connectivity index (χ0n) is 5.77. The fourth-order valence-corrected chi connectivity index (χ4v) is 2.09. The highest BCUT2D eigenvalue weighted by Gasteiger charge is 2.13. The Morgan fingerprint density at radius 3 is 2.42 bits per heavy atom. The number of benzene rings is 1. The van der Waals surface area contributed by atoms with E-state index < -0.39 is 11.7 Å². The number of amides is 1. The van der Waals surface area contributed by atoms with Crippen molar-refractivity contribution >= 4 is 37.8 Å². The molecule has 0 heterocycles. The van der Waals surface area contributed by atoms with Crippen molar-refractivity contribution in [2.75, 3.05) is 0 Å². The van der Waals surface area contributed by atoms with Crippen molar-refractivity contribution in [3.63, 3.8) is 0 Å². The number of carbonyl (C=O) groups excluding carboxylic acids is 1. The van der Waals surface area contributed by atoms with Crippen LogP contribution in [-0.4, -0.2) is 5.91 Å². The molecule has 0 atom stereocenters. The van der Waals surface area contributed by atoms with Crippen LogP contribution in [0.4, 0.5) is 4.39 Å². The van der Waals surface area contributed by atoms with E-state index in [1.165, 1.54) is 12.1 Å². The van der Waals surface area contributed by atoms with E-state index in [1.807, 2.05) is 0 Å². The molecule has 1 amide bonds. The summed E-state index contributed by atoms with van der Waals surface area (Å²) < 4.78 is 13.4. The first-order valence-corrected chi connectivity index (χ1v) is 4.56. The van der Waals surface area contributed by atoms with E-state index in [9.17, 15) is 9.18 Å². The van der Waals surface area contributed by atoms with Crippen LogP contribution in [0.15, 0.2) is 21.1 Å². The molecule has 1 aromatic carbocycles. The van der Waals surface area contributed by atoms with E-state index in [0.29, 0.717) is 4.47 Å². The third kappa shape index (κ3) is 1.67. The second-order valence-electron chi connectivity index (χ2n) is 2.08. The largest absolute Gasteiger partial charge is 0.366 e. The molecule has 12 heavy (non-hydrogen) atoms. The van der Waals surface area contributed by atoms with Crippen LogP contribution >= 0.6 is 31.9 Å². The number of halogens is 3. The van der Waals surface area contributed by atoms with Crippen molar-refractivity contribution in [3.8, 4) is 0 Å². The van der Waals surface area contributed by atoms with Crippen LogP contribution in [0.25, 0.3) is 0 Å². The van der Waals surface area contributed by atoms with Gasteiger partial charge in [-0.2, -0.15) is 0 Å². The highest BCUT2D eigenvalue weighted by atomic mass is 79.9. The van der Waals surface area contributed by atoms with Gasteiger partial charge in [-0.3, -0.25) is 4.79 Å². The highest BCUT2D eigenvalue weighted by molar-refractivity contribution is 9.11. The predicted octanol–water partition coefficient (Wildman–Crippen LogP) is 2.45. The Morgan fingerprint density at radius 1 is 1.42 bits per heavy atom. The van der Waals surface area contributed by atoms with Crippen LogP contribution in [0.2, 0.25) is 0 Å². The van der Waals surface area contributed by atoms with Gasteiger partial charge in [0.15, 0.2) is 0 Å². The molecule has 0 aliphatic heterocycles. The molecule has 5 heteroatoms. The summed E-state index contributed by atoms with van der Waals surface area (Å²) in [5.74, 6) is -1.18. The minimum Gasteiger partial charge on any atom is -0.366 e.